The second kappa shape index (κ2) is 12.7. The second-order valence-corrected chi connectivity index (χ2v) is 12.5. The average molecular weight is 638 g/mol. The summed E-state index contributed by atoms with van der Waals surface area (Å²) in [5, 5.41) is 4.83. The lowest BCUT2D eigenvalue weighted by atomic mass is 9.99. The SMILES string of the molecule is c1ccc(-c2ccc(-c3ccc(-c4nc(-c5ccc(-c6ccccc6)cc5)nc(-c5ccc6c(ccc7ccccc76)c5)n4)cc3)cc2)cc1. The lowest BCUT2D eigenvalue weighted by Gasteiger charge is -2.11. The maximum Gasteiger partial charge on any atom is 0.164 e. The maximum absolute atomic E-state index is 5.06. The van der Waals surface area contributed by atoms with Crippen LogP contribution in [0.4, 0.5) is 0 Å². The zero-order chi connectivity index (χ0) is 33.3. The van der Waals surface area contributed by atoms with E-state index in [4.69, 9.17) is 15.0 Å². The molecular weight excluding hydrogens is 607 g/mol. The fourth-order valence-corrected chi connectivity index (χ4v) is 6.66. The van der Waals surface area contributed by atoms with E-state index in [9.17, 15) is 0 Å². The van der Waals surface area contributed by atoms with Crippen LogP contribution in [0.5, 0.6) is 0 Å². The summed E-state index contributed by atoms with van der Waals surface area (Å²) < 4.78 is 0. The highest BCUT2D eigenvalue weighted by Gasteiger charge is 2.14. The van der Waals surface area contributed by atoms with Crippen molar-refractivity contribution in [3.8, 4) is 67.5 Å². The van der Waals surface area contributed by atoms with E-state index in [1.165, 1.54) is 32.8 Å². The highest BCUT2D eigenvalue weighted by Crippen LogP contribution is 2.32. The first-order valence-corrected chi connectivity index (χ1v) is 16.9. The predicted octanol–water partition coefficient (Wildman–Crippen LogP) is 12.2. The molecule has 0 amide bonds. The van der Waals surface area contributed by atoms with Gasteiger partial charge >= 0.3 is 0 Å². The molecule has 0 fully saturated rings. The third kappa shape index (κ3) is 5.72. The zero-order valence-electron chi connectivity index (χ0n) is 27.2. The van der Waals surface area contributed by atoms with Crippen molar-refractivity contribution in [2.24, 2.45) is 0 Å². The Morgan fingerprint density at radius 2 is 0.560 bits per heavy atom. The minimum atomic E-state index is 0.640. The molecule has 0 aliphatic heterocycles. The van der Waals surface area contributed by atoms with Gasteiger partial charge in [-0.3, -0.25) is 0 Å². The Kier molecular flexibility index (Phi) is 7.49. The lowest BCUT2D eigenvalue weighted by Crippen LogP contribution is -2.00. The van der Waals surface area contributed by atoms with E-state index in [-0.39, 0.29) is 0 Å². The van der Waals surface area contributed by atoms with E-state index in [2.05, 4.69) is 176 Å². The van der Waals surface area contributed by atoms with Crippen LogP contribution < -0.4 is 0 Å². The fraction of sp³-hybridized carbons (Fsp3) is 0. The average Bonchev–Trinajstić information content (AvgIpc) is 3.21. The summed E-state index contributed by atoms with van der Waals surface area (Å²) in [4.78, 5) is 15.1. The quantitative estimate of drug-likeness (QED) is 0.170. The second-order valence-electron chi connectivity index (χ2n) is 12.5. The molecule has 8 aromatic carbocycles. The van der Waals surface area contributed by atoms with Gasteiger partial charge in [0.05, 0.1) is 0 Å². The first-order valence-electron chi connectivity index (χ1n) is 16.9. The van der Waals surface area contributed by atoms with Crippen molar-refractivity contribution in [2.75, 3.05) is 0 Å². The number of nitrogens with zero attached hydrogens (tertiary/aromatic N) is 3. The smallest absolute Gasteiger partial charge is 0.164 e. The van der Waals surface area contributed by atoms with E-state index in [1.54, 1.807) is 0 Å². The molecule has 0 saturated carbocycles. The van der Waals surface area contributed by atoms with Gasteiger partial charge in [-0.05, 0) is 61.0 Å². The van der Waals surface area contributed by atoms with Crippen LogP contribution in [0, 0.1) is 0 Å². The van der Waals surface area contributed by atoms with Gasteiger partial charge in [0, 0.05) is 16.7 Å². The van der Waals surface area contributed by atoms with Crippen LogP contribution in [-0.2, 0) is 0 Å². The number of hydrogen-bond acceptors (Lipinski definition) is 3. The van der Waals surface area contributed by atoms with Gasteiger partial charge in [0.15, 0.2) is 17.5 Å². The maximum atomic E-state index is 5.06. The van der Waals surface area contributed by atoms with Gasteiger partial charge in [0.25, 0.3) is 0 Å². The Morgan fingerprint density at radius 1 is 0.220 bits per heavy atom. The van der Waals surface area contributed by atoms with Gasteiger partial charge in [0.1, 0.15) is 0 Å². The molecule has 0 aliphatic rings. The van der Waals surface area contributed by atoms with Crippen LogP contribution in [0.2, 0.25) is 0 Å². The number of hydrogen-bond donors (Lipinski definition) is 0. The molecule has 0 spiro atoms. The van der Waals surface area contributed by atoms with E-state index >= 15 is 0 Å². The minimum Gasteiger partial charge on any atom is -0.208 e. The lowest BCUT2D eigenvalue weighted by molar-refractivity contribution is 1.07. The molecule has 1 aromatic heterocycles. The number of benzene rings is 8. The Morgan fingerprint density at radius 3 is 1.06 bits per heavy atom. The molecule has 3 heteroatoms. The predicted molar refractivity (Wildman–Crippen MR) is 207 cm³/mol. The summed E-state index contributed by atoms with van der Waals surface area (Å²) >= 11 is 0. The Labute approximate surface area is 291 Å². The first kappa shape index (κ1) is 29.4. The molecule has 3 nitrogen and oxygen atoms in total. The summed E-state index contributed by atoms with van der Waals surface area (Å²) in [5.74, 6) is 1.93. The fourth-order valence-electron chi connectivity index (χ4n) is 6.66. The highest BCUT2D eigenvalue weighted by atomic mass is 15.0. The third-order valence-electron chi connectivity index (χ3n) is 9.36. The molecular formula is C47H31N3. The van der Waals surface area contributed by atoms with Crippen LogP contribution in [0.25, 0.3) is 89.1 Å². The molecule has 234 valence electrons. The number of fused-ring (bicyclic) bond motifs is 3. The van der Waals surface area contributed by atoms with Crippen LogP contribution in [0.3, 0.4) is 0 Å². The molecule has 0 radical (unpaired) electrons. The molecule has 0 bridgehead atoms. The van der Waals surface area contributed by atoms with E-state index < -0.39 is 0 Å². The summed E-state index contributed by atoms with van der Waals surface area (Å²) in [6, 6.07) is 65.9. The van der Waals surface area contributed by atoms with Crippen molar-refractivity contribution in [3.63, 3.8) is 0 Å². The van der Waals surface area contributed by atoms with Gasteiger partial charge in [-0.25, -0.2) is 15.0 Å². The van der Waals surface area contributed by atoms with Crippen molar-refractivity contribution < 1.29 is 0 Å². The van der Waals surface area contributed by atoms with Crippen LogP contribution in [0.15, 0.2) is 188 Å². The third-order valence-corrected chi connectivity index (χ3v) is 9.36. The molecule has 9 rings (SSSR count). The highest BCUT2D eigenvalue weighted by molar-refractivity contribution is 6.08. The largest absolute Gasteiger partial charge is 0.208 e. The number of aromatic nitrogens is 3. The molecule has 0 atom stereocenters. The van der Waals surface area contributed by atoms with Gasteiger partial charge in [-0.15, -0.1) is 0 Å². The van der Waals surface area contributed by atoms with Crippen molar-refractivity contribution in [1.29, 1.82) is 0 Å². The molecule has 0 N–H and O–H groups in total. The van der Waals surface area contributed by atoms with Crippen molar-refractivity contribution in [1.82, 2.24) is 15.0 Å². The van der Waals surface area contributed by atoms with Gasteiger partial charge in [-0.2, -0.15) is 0 Å². The van der Waals surface area contributed by atoms with Crippen molar-refractivity contribution >= 4 is 21.5 Å². The zero-order valence-corrected chi connectivity index (χ0v) is 27.2. The first-order chi connectivity index (χ1) is 24.7. The molecule has 1 heterocycles. The molecule has 0 aliphatic carbocycles. The molecule has 9 aromatic rings. The summed E-state index contributed by atoms with van der Waals surface area (Å²) in [6.07, 6.45) is 0. The van der Waals surface area contributed by atoms with E-state index in [0.29, 0.717) is 17.5 Å². The van der Waals surface area contributed by atoms with E-state index in [1.807, 2.05) is 12.1 Å². The summed E-state index contributed by atoms with van der Waals surface area (Å²) in [5.41, 5.74) is 9.88. The molecule has 0 saturated heterocycles. The van der Waals surface area contributed by atoms with Gasteiger partial charge < -0.3 is 0 Å². The van der Waals surface area contributed by atoms with Crippen LogP contribution >= 0.6 is 0 Å². The van der Waals surface area contributed by atoms with E-state index in [0.717, 1.165) is 38.8 Å². The Hall–Kier alpha value is -6.71. The Bertz CT molecular complexity index is 2590. The van der Waals surface area contributed by atoms with Crippen molar-refractivity contribution in [3.05, 3.63) is 188 Å². The molecule has 50 heavy (non-hydrogen) atoms. The van der Waals surface area contributed by atoms with Crippen LogP contribution in [0.1, 0.15) is 0 Å². The summed E-state index contributed by atoms with van der Waals surface area (Å²) in [6.45, 7) is 0. The standard InChI is InChI=1S/C47H31N3/c1-3-9-32(10-4-1)34-15-17-36(18-16-34)37-21-26-40(27-22-37)46-48-45(39-24-19-35(20-25-39)33-11-5-2-6-12-33)49-47(50-46)42-29-30-44-41(31-42)28-23-38-13-7-8-14-43(38)44/h1-31H. The Balaban J connectivity index is 1.10. The summed E-state index contributed by atoms with van der Waals surface area (Å²) in [7, 11) is 0. The minimum absolute atomic E-state index is 0.640. The van der Waals surface area contributed by atoms with Gasteiger partial charge in [-0.1, -0.05) is 182 Å². The van der Waals surface area contributed by atoms with Gasteiger partial charge in [0.2, 0.25) is 0 Å². The van der Waals surface area contributed by atoms with Crippen molar-refractivity contribution in [2.45, 2.75) is 0 Å². The molecule has 0 unspecified atom stereocenters. The topological polar surface area (TPSA) is 38.7 Å². The van der Waals surface area contributed by atoms with Crippen LogP contribution in [-0.4, -0.2) is 15.0 Å². The number of rotatable bonds is 6. The monoisotopic (exact) mass is 637 g/mol. The normalized spacial score (nSPS) is 11.2.